The van der Waals surface area contributed by atoms with Crippen LogP contribution in [-0.2, 0) is 7.05 Å². The zero-order valence-electron chi connectivity index (χ0n) is 7.37. The predicted octanol–water partition coefficient (Wildman–Crippen LogP) is 1.61. The molecule has 0 bridgehead atoms. The first-order chi connectivity index (χ1) is 5.20. The molecule has 1 heterocycles. The smallest absolute Gasteiger partial charge is 0.126 e. The van der Waals surface area contributed by atoms with Gasteiger partial charge in [-0.1, -0.05) is 0 Å². The third kappa shape index (κ3) is 1.29. The molecule has 0 atom stereocenters. The second kappa shape index (κ2) is 2.98. The Morgan fingerprint density at radius 2 is 2.08 bits per heavy atom. The van der Waals surface area contributed by atoms with Gasteiger partial charge in [0.25, 0.3) is 0 Å². The summed E-state index contributed by atoms with van der Waals surface area (Å²) in [4.78, 5) is 4.41. The fourth-order valence-corrected chi connectivity index (χ4v) is 1.31. The van der Waals surface area contributed by atoms with E-state index in [1.807, 2.05) is 18.5 Å². The lowest BCUT2D eigenvalue weighted by atomic mass is 10.3. The highest BCUT2D eigenvalue weighted by atomic mass is 35.5. The van der Waals surface area contributed by atoms with Crippen molar-refractivity contribution < 1.29 is 0 Å². The van der Waals surface area contributed by atoms with Crippen LogP contribution in [0, 0.1) is 6.92 Å². The van der Waals surface area contributed by atoms with Crippen molar-refractivity contribution in [2.45, 2.75) is 25.7 Å². The Bertz CT molecular complexity index is 289. The number of imidazole rings is 1. The highest BCUT2D eigenvalue weighted by Crippen LogP contribution is 2.41. The van der Waals surface area contributed by atoms with E-state index in [2.05, 4.69) is 4.98 Å². The predicted molar refractivity (Wildman–Crippen MR) is 51.6 cm³/mol. The van der Waals surface area contributed by atoms with Crippen molar-refractivity contribution in [3.63, 3.8) is 0 Å². The fraction of sp³-hybridized carbons (Fsp3) is 0.625. The summed E-state index contributed by atoms with van der Waals surface area (Å²) in [5, 5.41) is 0. The maximum absolute atomic E-state index is 5.84. The fourth-order valence-electron chi connectivity index (χ4n) is 1.31. The van der Waals surface area contributed by atoms with Crippen LogP contribution in [0.1, 0.15) is 30.3 Å². The lowest BCUT2D eigenvalue weighted by molar-refractivity contribution is 0.868. The van der Waals surface area contributed by atoms with Gasteiger partial charge in [0.05, 0.1) is 5.69 Å². The molecule has 1 saturated carbocycles. The molecule has 1 aliphatic rings. The second-order valence-electron chi connectivity index (χ2n) is 3.26. The lowest BCUT2D eigenvalue weighted by Crippen LogP contribution is -1.98. The Kier molecular flexibility index (Phi) is 2.33. The topological polar surface area (TPSA) is 43.8 Å². The molecule has 0 unspecified atom stereocenters. The molecule has 2 N–H and O–H groups in total. The number of hydrogen-bond acceptors (Lipinski definition) is 2. The third-order valence-electron chi connectivity index (χ3n) is 2.36. The molecule has 12 heavy (non-hydrogen) atoms. The summed E-state index contributed by atoms with van der Waals surface area (Å²) in [6.07, 6.45) is 2.53. The van der Waals surface area contributed by atoms with Crippen molar-refractivity contribution in [3.05, 3.63) is 11.5 Å². The monoisotopic (exact) mass is 187 g/mol. The lowest BCUT2D eigenvalue weighted by Gasteiger charge is -1.96. The van der Waals surface area contributed by atoms with Gasteiger partial charge in [0.2, 0.25) is 0 Å². The van der Waals surface area contributed by atoms with Gasteiger partial charge in [0.1, 0.15) is 11.6 Å². The van der Waals surface area contributed by atoms with E-state index in [4.69, 9.17) is 5.73 Å². The number of aromatic nitrogens is 2. The molecule has 0 aromatic carbocycles. The number of nitrogens with two attached hydrogens (primary N) is 1. The Hall–Kier alpha value is -0.700. The number of nitrogen functional groups attached to an aromatic ring is 1. The number of anilines is 1. The Labute approximate surface area is 78.4 Å². The molecule has 0 radical (unpaired) electrons. The van der Waals surface area contributed by atoms with E-state index < -0.39 is 0 Å². The summed E-state index contributed by atoms with van der Waals surface area (Å²) < 4.78 is 1.95. The van der Waals surface area contributed by atoms with Gasteiger partial charge in [-0.2, -0.15) is 0 Å². The van der Waals surface area contributed by atoms with Crippen LogP contribution in [0.5, 0.6) is 0 Å². The molecule has 0 saturated heterocycles. The molecule has 0 aliphatic heterocycles. The number of hydrogen-bond donors (Lipinski definition) is 1. The molecule has 1 aliphatic carbocycles. The van der Waals surface area contributed by atoms with Crippen LogP contribution in [0.2, 0.25) is 0 Å². The molecular weight excluding hydrogens is 174 g/mol. The Morgan fingerprint density at radius 3 is 2.42 bits per heavy atom. The van der Waals surface area contributed by atoms with Gasteiger partial charge in [0, 0.05) is 13.0 Å². The quantitative estimate of drug-likeness (QED) is 0.726. The number of nitrogens with zero attached hydrogens (tertiary/aromatic N) is 2. The van der Waals surface area contributed by atoms with Crippen molar-refractivity contribution in [2.75, 3.05) is 5.73 Å². The minimum absolute atomic E-state index is 0. The average molecular weight is 188 g/mol. The summed E-state index contributed by atoms with van der Waals surface area (Å²) in [7, 11) is 1.96. The van der Waals surface area contributed by atoms with Crippen molar-refractivity contribution in [2.24, 2.45) is 7.05 Å². The van der Waals surface area contributed by atoms with Gasteiger partial charge in [-0.3, -0.25) is 0 Å². The van der Waals surface area contributed by atoms with E-state index >= 15 is 0 Å². The van der Waals surface area contributed by atoms with E-state index in [0.717, 1.165) is 17.3 Å². The minimum atomic E-state index is 0. The van der Waals surface area contributed by atoms with Gasteiger partial charge < -0.3 is 10.3 Å². The summed E-state index contributed by atoms with van der Waals surface area (Å²) in [5.74, 6) is 2.53. The minimum Gasteiger partial charge on any atom is -0.384 e. The second-order valence-corrected chi connectivity index (χ2v) is 3.26. The number of halogens is 1. The van der Waals surface area contributed by atoms with E-state index in [1.54, 1.807) is 0 Å². The van der Waals surface area contributed by atoms with Crippen LogP contribution in [0.4, 0.5) is 5.82 Å². The molecule has 1 fully saturated rings. The van der Waals surface area contributed by atoms with Crippen LogP contribution < -0.4 is 5.73 Å². The molecule has 3 nitrogen and oxygen atoms in total. The molecule has 2 rings (SSSR count). The summed E-state index contributed by atoms with van der Waals surface area (Å²) in [5.41, 5.74) is 6.96. The zero-order chi connectivity index (χ0) is 8.01. The van der Waals surface area contributed by atoms with Gasteiger partial charge in [-0.15, -0.1) is 12.4 Å². The summed E-state index contributed by atoms with van der Waals surface area (Å²) in [6, 6.07) is 0. The van der Waals surface area contributed by atoms with Gasteiger partial charge in [-0.25, -0.2) is 4.98 Å². The Morgan fingerprint density at radius 1 is 1.50 bits per heavy atom. The summed E-state index contributed by atoms with van der Waals surface area (Å²) in [6.45, 7) is 1.99. The van der Waals surface area contributed by atoms with Crippen molar-refractivity contribution in [1.82, 2.24) is 9.55 Å². The first kappa shape index (κ1) is 9.39. The molecule has 0 spiro atoms. The van der Waals surface area contributed by atoms with Crippen molar-refractivity contribution >= 4 is 18.2 Å². The normalized spacial score (nSPS) is 15.8. The molecule has 68 valence electrons. The molecule has 1 aromatic heterocycles. The van der Waals surface area contributed by atoms with Crippen molar-refractivity contribution in [1.29, 1.82) is 0 Å². The highest BCUT2D eigenvalue weighted by molar-refractivity contribution is 5.85. The van der Waals surface area contributed by atoms with Gasteiger partial charge in [-0.05, 0) is 19.8 Å². The Balaban J connectivity index is 0.000000720. The maximum Gasteiger partial charge on any atom is 0.126 e. The first-order valence-electron chi connectivity index (χ1n) is 3.99. The van der Waals surface area contributed by atoms with Crippen LogP contribution in [-0.4, -0.2) is 9.55 Å². The standard InChI is InChI=1S/C8H13N3.ClH/c1-5-10-7(6-3-4-6)8(9)11(5)2;/h6H,3-4,9H2,1-2H3;1H. The van der Waals surface area contributed by atoms with E-state index in [0.29, 0.717) is 5.92 Å². The van der Waals surface area contributed by atoms with E-state index in [1.165, 1.54) is 12.8 Å². The van der Waals surface area contributed by atoms with Crippen LogP contribution >= 0.6 is 12.4 Å². The van der Waals surface area contributed by atoms with Crippen LogP contribution in [0.3, 0.4) is 0 Å². The van der Waals surface area contributed by atoms with E-state index in [-0.39, 0.29) is 12.4 Å². The molecule has 0 amide bonds. The molecule has 1 aromatic rings. The number of rotatable bonds is 1. The molecular formula is C8H14ClN3. The van der Waals surface area contributed by atoms with Crippen LogP contribution in [0.25, 0.3) is 0 Å². The third-order valence-corrected chi connectivity index (χ3v) is 2.36. The summed E-state index contributed by atoms with van der Waals surface area (Å²) >= 11 is 0. The van der Waals surface area contributed by atoms with Gasteiger partial charge >= 0.3 is 0 Å². The van der Waals surface area contributed by atoms with Crippen molar-refractivity contribution in [3.8, 4) is 0 Å². The van der Waals surface area contributed by atoms with Crippen LogP contribution in [0.15, 0.2) is 0 Å². The molecule has 4 heteroatoms. The number of aryl methyl sites for hydroxylation is 1. The highest BCUT2D eigenvalue weighted by Gasteiger charge is 2.29. The SMILES string of the molecule is Cc1nc(C2CC2)c(N)n1C.Cl. The van der Waals surface area contributed by atoms with Gasteiger partial charge in [0.15, 0.2) is 0 Å². The van der Waals surface area contributed by atoms with E-state index in [9.17, 15) is 0 Å². The first-order valence-corrected chi connectivity index (χ1v) is 3.99. The maximum atomic E-state index is 5.84. The largest absolute Gasteiger partial charge is 0.384 e. The average Bonchev–Trinajstić information content (AvgIpc) is 2.76. The zero-order valence-corrected chi connectivity index (χ0v) is 8.19.